The summed E-state index contributed by atoms with van der Waals surface area (Å²) in [4.78, 5) is 9.43. The van der Waals surface area contributed by atoms with E-state index in [1.165, 1.54) is 11.1 Å². The van der Waals surface area contributed by atoms with Gasteiger partial charge in [-0.15, -0.1) is 0 Å². The maximum absolute atomic E-state index is 10.1. The van der Waals surface area contributed by atoms with Gasteiger partial charge < -0.3 is 14.6 Å². The van der Waals surface area contributed by atoms with Crippen molar-refractivity contribution in [1.82, 2.24) is 4.98 Å². The summed E-state index contributed by atoms with van der Waals surface area (Å²) in [6.45, 7) is 4.55. The van der Waals surface area contributed by atoms with Crippen LogP contribution in [-0.2, 0) is 10.2 Å². The molecule has 0 spiro atoms. The maximum atomic E-state index is 10.1. The van der Waals surface area contributed by atoms with Gasteiger partial charge in [-0.25, -0.2) is 9.98 Å². The molecule has 0 saturated heterocycles. The van der Waals surface area contributed by atoms with Crippen molar-refractivity contribution in [3.63, 3.8) is 0 Å². The molecule has 2 atom stereocenters. The van der Waals surface area contributed by atoms with Crippen LogP contribution in [0.4, 0.5) is 0 Å². The zero-order valence-corrected chi connectivity index (χ0v) is 18.5. The van der Waals surface area contributed by atoms with Crippen LogP contribution < -0.4 is 4.74 Å². The van der Waals surface area contributed by atoms with Crippen LogP contribution in [0, 0.1) is 0 Å². The van der Waals surface area contributed by atoms with Gasteiger partial charge in [-0.3, -0.25) is 0 Å². The van der Waals surface area contributed by atoms with E-state index in [0.29, 0.717) is 23.0 Å². The fraction of sp³-hybridized carbons (Fsp3) is 0.214. The molecule has 4 aromatic rings. The summed E-state index contributed by atoms with van der Waals surface area (Å²) in [5.41, 5.74) is 4.01. The minimum Gasteiger partial charge on any atom is -0.506 e. The van der Waals surface area contributed by atoms with E-state index in [0.717, 1.165) is 17.4 Å². The third kappa shape index (κ3) is 3.41. The zero-order valence-electron chi connectivity index (χ0n) is 18.5. The molecule has 1 aliphatic heterocycles. The predicted molar refractivity (Wildman–Crippen MR) is 128 cm³/mol. The average molecular weight is 437 g/mol. The number of aromatic nitrogens is 1. The highest BCUT2D eigenvalue weighted by Gasteiger charge is 2.44. The number of aromatic hydroxyl groups is 1. The fourth-order valence-corrected chi connectivity index (χ4v) is 4.99. The lowest BCUT2D eigenvalue weighted by molar-refractivity contribution is 0.162. The number of ether oxygens (including phenoxy) is 2. The first-order valence-corrected chi connectivity index (χ1v) is 11.2. The Morgan fingerprint density at radius 3 is 2.73 bits per heavy atom. The van der Waals surface area contributed by atoms with Gasteiger partial charge in [0.15, 0.2) is 0 Å². The van der Waals surface area contributed by atoms with Gasteiger partial charge in [-0.2, -0.15) is 0 Å². The monoisotopic (exact) mass is 436 g/mol. The van der Waals surface area contributed by atoms with Gasteiger partial charge in [0, 0.05) is 17.0 Å². The van der Waals surface area contributed by atoms with Gasteiger partial charge in [0.25, 0.3) is 0 Å². The number of nitrogens with zero attached hydrogens (tertiary/aromatic N) is 2. The molecule has 0 amide bonds. The van der Waals surface area contributed by atoms with Crippen molar-refractivity contribution in [3.05, 3.63) is 95.6 Å². The zero-order chi connectivity index (χ0) is 22.6. The predicted octanol–water partition coefficient (Wildman–Crippen LogP) is 6.30. The number of phenolic OH excluding ortho intramolecular Hbond substituents is 1. The molecular formula is C28H24N2O3. The van der Waals surface area contributed by atoms with Gasteiger partial charge in [0.1, 0.15) is 23.1 Å². The second-order valence-corrected chi connectivity index (χ2v) is 9.34. The van der Waals surface area contributed by atoms with Crippen LogP contribution in [0.15, 0.2) is 83.9 Å². The Balaban J connectivity index is 1.29. The molecule has 1 aliphatic carbocycles. The molecule has 6 rings (SSSR count). The maximum Gasteiger partial charge on any atom is 0.219 e. The highest BCUT2D eigenvalue weighted by atomic mass is 16.5. The topological polar surface area (TPSA) is 63.9 Å². The van der Waals surface area contributed by atoms with Crippen LogP contribution in [0.3, 0.4) is 0 Å². The molecule has 1 aromatic heterocycles. The van der Waals surface area contributed by atoms with Crippen molar-refractivity contribution in [2.75, 3.05) is 0 Å². The minimum atomic E-state index is -0.0565. The molecule has 33 heavy (non-hydrogen) atoms. The number of pyridine rings is 1. The van der Waals surface area contributed by atoms with Crippen LogP contribution in [-0.4, -0.2) is 22.0 Å². The number of fused-ring (bicyclic) bond motifs is 4. The lowest BCUT2D eigenvalue weighted by Crippen LogP contribution is -2.33. The quantitative estimate of drug-likeness (QED) is 0.409. The Morgan fingerprint density at radius 1 is 0.970 bits per heavy atom. The molecular weight excluding hydrogens is 412 g/mol. The van der Waals surface area contributed by atoms with Gasteiger partial charge in [-0.1, -0.05) is 56.3 Å². The van der Waals surface area contributed by atoms with E-state index in [4.69, 9.17) is 14.5 Å². The van der Waals surface area contributed by atoms with E-state index < -0.39 is 0 Å². The number of benzene rings is 3. The second kappa shape index (κ2) is 7.34. The average Bonchev–Trinajstić information content (AvgIpc) is 3.23. The van der Waals surface area contributed by atoms with Crippen LogP contribution in [0.2, 0.25) is 0 Å². The van der Waals surface area contributed by atoms with Crippen LogP contribution >= 0.6 is 0 Å². The first-order chi connectivity index (χ1) is 16.0. The number of aliphatic imine (C=N–C) groups is 1. The Kier molecular flexibility index (Phi) is 4.40. The van der Waals surface area contributed by atoms with E-state index in [2.05, 4.69) is 43.1 Å². The Morgan fingerprint density at radius 2 is 1.82 bits per heavy atom. The lowest BCUT2D eigenvalue weighted by Gasteiger charge is -2.37. The molecule has 2 heterocycles. The third-order valence-electron chi connectivity index (χ3n) is 6.56. The smallest absolute Gasteiger partial charge is 0.219 e. The molecule has 0 radical (unpaired) electrons. The van der Waals surface area contributed by atoms with Crippen molar-refractivity contribution in [3.8, 4) is 17.4 Å². The summed E-state index contributed by atoms with van der Waals surface area (Å²) in [7, 11) is 0. The van der Waals surface area contributed by atoms with Crippen LogP contribution in [0.25, 0.3) is 10.9 Å². The number of phenols is 1. The highest BCUT2D eigenvalue weighted by molar-refractivity contribution is 5.96. The summed E-state index contributed by atoms with van der Waals surface area (Å²) in [6, 6.07) is 25.3. The third-order valence-corrected chi connectivity index (χ3v) is 6.56. The largest absolute Gasteiger partial charge is 0.506 e. The Hall–Kier alpha value is -3.86. The molecule has 0 saturated carbocycles. The van der Waals surface area contributed by atoms with E-state index in [9.17, 15) is 5.11 Å². The molecule has 164 valence electrons. The fourth-order valence-electron chi connectivity index (χ4n) is 4.99. The second-order valence-electron chi connectivity index (χ2n) is 9.34. The number of para-hydroxylation sites is 1. The lowest BCUT2D eigenvalue weighted by atomic mass is 9.70. The molecule has 0 bridgehead atoms. The van der Waals surface area contributed by atoms with Crippen molar-refractivity contribution >= 4 is 16.8 Å². The van der Waals surface area contributed by atoms with Crippen molar-refractivity contribution < 1.29 is 14.6 Å². The summed E-state index contributed by atoms with van der Waals surface area (Å²) >= 11 is 0. The van der Waals surface area contributed by atoms with Gasteiger partial charge in [0.05, 0.1) is 6.04 Å². The first kappa shape index (κ1) is 19.8. The summed E-state index contributed by atoms with van der Waals surface area (Å²) in [5, 5.41) is 11.0. The summed E-state index contributed by atoms with van der Waals surface area (Å²) in [5.74, 6) is 1.83. The van der Waals surface area contributed by atoms with Crippen LogP contribution in [0.1, 0.15) is 43.1 Å². The minimum absolute atomic E-state index is 0.0539. The van der Waals surface area contributed by atoms with Crippen LogP contribution in [0.5, 0.6) is 17.4 Å². The Labute approximate surface area is 192 Å². The van der Waals surface area contributed by atoms with Crippen molar-refractivity contribution in [2.24, 2.45) is 4.99 Å². The molecule has 1 N–H and O–H groups in total. The summed E-state index contributed by atoms with van der Waals surface area (Å²) in [6.07, 6.45) is 0.887. The molecule has 5 nitrogen and oxygen atoms in total. The SMILES string of the molecule is CC1(C)C[C@@H]2N=C(c3cccc(Oc4ccc5cccc(O)c5n4)c3)O[C@@H]2c2ccccc21. The normalized spacial score (nSPS) is 20.5. The number of rotatable bonds is 3. The number of hydrogen-bond donors (Lipinski definition) is 1. The summed E-state index contributed by atoms with van der Waals surface area (Å²) < 4.78 is 12.4. The van der Waals surface area contributed by atoms with E-state index in [1.807, 2.05) is 36.4 Å². The molecule has 0 fully saturated rings. The van der Waals surface area contributed by atoms with E-state index >= 15 is 0 Å². The molecule has 0 unspecified atom stereocenters. The van der Waals surface area contributed by atoms with Gasteiger partial charge >= 0.3 is 0 Å². The van der Waals surface area contributed by atoms with Crippen molar-refractivity contribution in [1.29, 1.82) is 0 Å². The van der Waals surface area contributed by atoms with E-state index in [-0.39, 0.29) is 23.3 Å². The molecule has 2 aliphatic rings. The number of hydrogen-bond acceptors (Lipinski definition) is 5. The first-order valence-electron chi connectivity index (χ1n) is 11.2. The van der Waals surface area contributed by atoms with Gasteiger partial charge in [0.2, 0.25) is 11.8 Å². The molecule has 5 heteroatoms. The van der Waals surface area contributed by atoms with E-state index in [1.54, 1.807) is 18.2 Å². The standard InChI is InChI=1S/C28H24N2O3/c1-28(2)16-22-26(20-10-3-4-11-21(20)28)33-27(29-22)18-8-5-9-19(15-18)32-24-14-13-17-7-6-12-23(31)25(17)30-24/h3-15,22,26,31H,16H2,1-2H3/t22-,26+/m0/s1. The highest BCUT2D eigenvalue weighted by Crippen LogP contribution is 2.47. The molecule has 3 aromatic carbocycles. The Bertz CT molecular complexity index is 1410. The van der Waals surface area contributed by atoms with Crippen molar-refractivity contribution in [2.45, 2.75) is 37.8 Å². The van der Waals surface area contributed by atoms with Gasteiger partial charge in [-0.05, 0) is 53.3 Å².